The van der Waals surface area contributed by atoms with Crippen molar-refractivity contribution in [2.24, 2.45) is 20.5 Å². The normalized spacial score (nSPS) is 11.2. The van der Waals surface area contributed by atoms with Crippen LogP contribution in [-0.4, -0.2) is 16.1 Å². The van der Waals surface area contributed by atoms with Gasteiger partial charge in [-0.1, -0.05) is 35.9 Å². The van der Waals surface area contributed by atoms with Gasteiger partial charge in [-0.3, -0.25) is 4.79 Å². The van der Waals surface area contributed by atoms with Crippen LogP contribution < -0.4 is 5.32 Å². The third-order valence-corrected chi connectivity index (χ3v) is 6.43. The van der Waals surface area contributed by atoms with E-state index in [0.29, 0.717) is 33.6 Å². The monoisotopic (exact) mass is 592 g/mol. The minimum Gasteiger partial charge on any atom is -0.506 e. The van der Waals surface area contributed by atoms with Crippen molar-refractivity contribution in [1.29, 1.82) is 0 Å². The quantitative estimate of drug-likeness (QED) is 0.135. The molecule has 0 spiro atoms. The number of nitrogens with one attached hydrogen (secondary N) is 1. The Hall–Kier alpha value is -4.85. The summed E-state index contributed by atoms with van der Waals surface area (Å²) in [5, 5.41) is 42.7. The van der Waals surface area contributed by atoms with E-state index in [-0.39, 0.29) is 45.8 Å². The van der Waals surface area contributed by atoms with Crippen LogP contribution in [0.25, 0.3) is 10.8 Å². The number of phenols is 2. The molecule has 0 atom stereocenters. The molecule has 0 bridgehead atoms. The molecular weight excluding hydrogens is 566 g/mol. The van der Waals surface area contributed by atoms with Gasteiger partial charge in [0.2, 0.25) is 0 Å². The number of amides is 1. The van der Waals surface area contributed by atoms with Gasteiger partial charge < -0.3 is 15.5 Å². The average Bonchev–Trinajstić information content (AvgIpc) is 2.95. The maximum Gasteiger partial charge on any atom is 0.255 e. The summed E-state index contributed by atoms with van der Waals surface area (Å²) in [5.74, 6) is -0.368. The summed E-state index contributed by atoms with van der Waals surface area (Å²) in [4.78, 5) is 12.5. The molecule has 0 aliphatic heterocycles. The van der Waals surface area contributed by atoms with E-state index in [2.05, 4.69) is 25.8 Å². The molecule has 3 N–H and O–H groups in total. The van der Waals surface area contributed by atoms with Crippen molar-refractivity contribution in [3.05, 3.63) is 113 Å². The molecule has 0 aliphatic carbocycles. The third-order valence-electron chi connectivity index (χ3n) is 6.43. The molecule has 9 heteroatoms. The number of nitrogens with zero attached hydrogens (tertiary/aromatic N) is 4. The van der Waals surface area contributed by atoms with Crippen molar-refractivity contribution in [3.63, 3.8) is 0 Å². The van der Waals surface area contributed by atoms with Gasteiger partial charge in [-0.2, -0.15) is 10.2 Å². The minimum absolute atomic E-state index is 0. The van der Waals surface area contributed by atoms with E-state index in [1.807, 2.05) is 57.2 Å². The average molecular weight is 593 g/mol. The molecule has 5 aromatic rings. The van der Waals surface area contributed by atoms with Gasteiger partial charge in [0.25, 0.3) is 5.91 Å². The summed E-state index contributed by atoms with van der Waals surface area (Å²) < 4.78 is 0. The number of rotatable bonds is 6. The van der Waals surface area contributed by atoms with E-state index >= 15 is 0 Å². The number of anilines is 1. The number of carbonyl (C=O) groups is 1. The van der Waals surface area contributed by atoms with E-state index in [4.69, 9.17) is 0 Å². The molecule has 209 valence electrons. The van der Waals surface area contributed by atoms with Crippen LogP contribution in [0.5, 0.6) is 11.5 Å². The van der Waals surface area contributed by atoms with Gasteiger partial charge in [0.1, 0.15) is 17.1 Å². The van der Waals surface area contributed by atoms with Crippen molar-refractivity contribution in [2.45, 2.75) is 20.8 Å². The van der Waals surface area contributed by atoms with Crippen LogP contribution in [0.1, 0.15) is 27.0 Å². The molecule has 8 nitrogen and oxygen atoms in total. The second kappa shape index (κ2) is 12.6. The summed E-state index contributed by atoms with van der Waals surface area (Å²) >= 11 is 0. The molecule has 5 aromatic carbocycles. The van der Waals surface area contributed by atoms with Gasteiger partial charge in [-0.15, -0.1) is 10.2 Å². The van der Waals surface area contributed by atoms with E-state index < -0.39 is 0 Å². The number of azo groups is 2. The first-order chi connectivity index (χ1) is 19.3. The number of benzene rings is 5. The zero-order valence-electron chi connectivity index (χ0n) is 22.6. The smallest absolute Gasteiger partial charge is 0.255 e. The second-order valence-corrected chi connectivity index (χ2v) is 9.51. The molecule has 41 heavy (non-hydrogen) atoms. The van der Waals surface area contributed by atoms with E-state index in [9.17, 15) is 15.0 Å². The molecule has 1 radical (unpaired) electrons. The summed E-state index contributed by atoms with van der Waals surface area (Å²) in [6.07, 6.45) is 0. The summed E-state index contributed by atoms with van der Waals surface area (Å²) in [5.41, 5.74) is 5.48. The largest absolute Gasteiger partial charge is 0.506 e. The van der Waals surface area contributed by atoms with E-state index in [1.165, 1.54) is 6.07 Å². The molecular formula is C32H27CuN5O3. The Balaban J connectivity index is 0.00000387. The van der Waals surface area contributed by atoms with E-state index in [1.54, 1.807) is 48.5 Å². The van der Waals surface area contributed by atoms with Crippen molar-refractivity contribution in [1.82, 2.24) is 0 Å². The van der Waals surface area contributed by atoms with Gasteiger partial charge in [0, 0.05) is 39.8 Å². The molecule has 0 saturated heterocycles. The Labute approximate surface area is 248 Å². The van der Waals surface area contributed by atoms with Crippen molar-refractivity contribution in [2.75, 3.05) is 5.32 Å². The Kier molecular flexibility index (Phi) is 8.92. The SMILES string of the molecule is Cc1ccc(N=Nc2cc(O)c(N=Nc3c(C)cc4cc(NC(=O)c5ccccc5)ccc4c3O)cc2C)cc1.[Cu]. The molecule has 0 unspecified atom stereocenters. The first-order valence-corrected chi connectivity index (χ1v) is 12.6. The summed E-state index contributed by atoms with van der Waals surface area (Å²) in [6.45, 7) is 5.65. The number of aromatic hydroxyl groups is 2. The van der Waals surface area contributed by atoms with E-state index in [0.717, 1.165) is 16.5 Å². The first kappa shape index (κ1) is 29.1. The maximum absolute atomic E-state index is 12.5. The number of hydrogen-bond donors (Lipinski definition) is 3. The third kappa shape index (κ3) is 6.66. The second-order valence-electron chi connectivity index (χ2n) is 9.51. The van der Waals surface area contributed by atoms with Crippen LogP contribution in [0.2, 0.25) is 0 Å². The Morgan fingerprint density at radius 2 is 1.41 bits per heavy atom. The van der Waals surface area contributed by atoms with Crippen LogP contribution in [0, 0.1) is 20.8 Å². The van der Waals surface area contributed by atoms with Gasteiger partial charge in [0.05, 0.1) is 11.4 Å². The molecule has 0 saturated carbocycles. The predicted octanol–water partition coefficient (Wildman–Crippen LogP) is 9.26. The number of hydrogen-bond acceptors (Lipinski definition) is 7. The maximum atomic E-state index is 12.5. The van der Waals surface area contributed by atoms with Crippen LogP contribution >= 0.6 is 0 Å². The molecule has 1 amide bonds. The van der Waals surface area contributed by atoms with Gasteiger partial charge in [-0.05, 0) is 91.9 Å². The number of phenolic OH excluding ortho intramolecular Hbond substituents is 2. The van der Waals surface area contributed by atoms with Crippen molar-refractivity contribution < 1.29 is 32.1 Å². The fourth-order valence-electron chi connectivity index (χ4n) is 4.20. The van der Waals surface area contributed by atoms with Gasteiger partial charge in [0.15, 0.2) is 5.75 Å². The molecule has 5 rings (SSSR count). The minimum atomic E-state index is -0.218. The van der Waals surface area contributed by atoms with Crippen molar-refractivity contribution in [3.8, 4) is 11.5 Å². The fourth-order valence-corrected chi connectivity index (χ4v) is 4.20. The molecule has 0 aliphatic rings. The number of fused-ring (bicyclic) bond motifs is 1. The fraction of sp³-hybridized carbons (Fsp3) is 0.0938. The standard InChI is InChI=1S/C32H27N5O3.Cu/c1-19-9-11-24(12-10-19)34-35-27-18-29(38)28(16-20(27)2)36-37-30-21(3)15-23-17-25(13-14-26(23)31(30)39)33-32(40)22-7-5-4-6-8-22;/h4-18,38-39H,1-3H3,(H,33,40);. The Morgan fingerprint density at radius 3 is 2.15 bits per heavy atom. The van der Waals surface area contributed by atoms with Gasteiger partial charge >= 0.3 is 0 Å². The van der Waals surface area contributed by atoms with Crippen LogP contribution in [-0.2, 0) is 17.1 Å². The number of carbonyl (C=O) groups excluding carboxylic acids is 1. The predicted molar refractivity (Wildman–Crippen MR) is 157 cm³/mol. The molecule has 0 heterocycles. The zero-order chi connectivity index (χ0) is 28.2. The van der Waals surface area contributed by atoms with Crippen LogP contribution in [0.3, 0.4) is 0 Å². The van der Waals surface area contributed by atoms with Crippen LogP contribution in [0.4, 0.5) is 28.4 Å². The summed E-state index contributed by atoms with van der Waals surface area (Å²) in [6, 6.07) is 26.8. The first-order valence-electron chi connectivity index (χ1n) is 12.6. The van der Waals surface area contributed by atoms with Crippen molar-refractivity contribution >= 4 is 45.1 Å². The van der Waals surface area contributed by atoms with Crippen LogP contribution in [0.15, 0.2) is 111 Å². The molecule has 0 aromatic heterocycles. The topological polar surface area (TPSA) is 119 Å². The number of aryl methyl sites for hydroxylation is 3. The van der Waals surface area contributed by atoms with Gasteiger partial charge in [-0.25, -0.2) is 0 Å². The Bertz CT molecular complexity index is 1790. The summed E-state index contributed by atoms with van der Waals surface area (Å²) in [7, 11) is 0. The zero-order valence-corrected chi connectivity index (χ0v) is 23.5. The Morgan fingerprint density at radius 1 is 0.707 bits per heavy atom. The molecule has 0 fully saturated rings.